The molecule has 0 aliphatic heterocycles. The fourth-order valence-electron chi connectivity index (χ4n) is 2.14. The van der Waals surface area contributed by atoms with Crippen molar-refractivity contribution in [2.24, 2.45) is 0 Å². The van der Waals surface area contributed by atoms with Crippen molar-refractivity contribution in [2.75, 3.05) is 17.7 Å². The van der Waals surface area contributed by atoms with Crippen LogP contribution < -0.4 is 15.4 Å². The van der Waals surface area contributed by atoms with Crippen LogP contribution in [0.5, 0.6) is 5.75 Å². The molecule has 0 heterocycles. The lowest BCUT2D eigenvalue weighted by Gasteiger charge is -2.10. The Labute approximate surface area is 147 Å². The second-order valence-electron chi connectivity index (χ2n) is 5.53. The number of carbonyl (C=O) groups is 2. The first-order valence-electron chi connectivity index (χ1n) is 8.05. The van der Waals surface area contributed by atoms with E-state index >= 15 is 0 Å². The highest BCUT2D eigenvalue weighted by Gasteiger charge is 2.05. The van der Waals surface area contributed by atoms with Crippen LogP contribution in [-0.2, 0) is 9.59 Å². The van der Waals surface area contributed by atoms with Gasteiger partial charge in [-0.3, -0.25) is 9.59 Å². The zero-order valence-corrected chi connectivity index (χ0v) is 14.6. The molecule has 0 saturated heterocycles. The highest BCUT2D eigenvalue weighted by Crippen LogP contribution is 2.20. The first-order chi connectivity index (χ1) is 12.0. The second kappa shape index (κ2) is 8.68. The third-order valence-electron chi connectivity index (χ3n) is 3.64. The Hall–Kier alpha value is -3.08. The number of carbonyl (C=O) groups excluding carboxylic acids is 2. The van der Waals surface area contributed by atoms with Crippen molar-refractivity contribution in [3.63, 3.8) is 0 Å². The molecule has 0 aliphatic rings. The van der Waals surface area contributed by atoms with Crippen LogP contribution in [0.25, 0.3) is 6.08 Å². The molecule has 0 unspecified atom stereocenters. The average molecular weight is 338 g/mol. The number of anilines is 2. The summed E-state index contributed by atoms with van der Waals surface area (Å²) in [5.74, 6) is 0.460. The minimum Gasteiger partial charge on any atom is -0.497 e. The summed E-state index contributed by atoms with van der Waals surface area (Å²) < 4.78 is 5.10. The van der Waals surface area contributed by atoms with Gasteiger partial charge in [0, 0.05) is 23.9 Å². The van der Waals surface area contributed by atoms with Gasteiger partial charge >= 0.3 is 0 Å². The standard InChI is InChI=1S/C20H22N2O3/c1-4-19(23)22-18-13-16(9-5-14(18)2)21-20(24)12-8-15-6-10-17(25-3)11-7-15/h5-13H,4H2,1-3H3,(H,21,24)(H,22,23)/b12-8+. The number of amides is 2. The van der Waals surface area contributed by atoms with Crippen molar-refractivity contribution in [3.05, 3.63) is 59.7 Å². The van der Waals surface area contributed by atoms with Gasteiger partial charge in [0.05, 0.1) is 7.11 Å². The third kappa shape index (κ3) is 5.49. The zero-order valence-electron chi connectivity index (χ0n) is 14.6. The fraction of sp³-hybridized carbons (Fsp3) is 0.200. The van der Waals surface area contributed by atoms with Crippen molar-refractivity contribution in [3.8, 4) is 5.75 Å². The van der Waals surface area contributed by atoms with Gasteiger partial charge in [-0.15, -0.1) is 0 Å². The van der Waals surface area contributed by atoms with E-state index in [-0.39, 0.29) is 11.8 Å². The van der Waals surface area contributed by atoms with Gasteiger partial charge in [-0.1, -0.05) is 25.1 Å². The van der Waals surface area contributed by atoms with E-state index in [0.29, 0.717) is 17.8 Å². The van der Waals surface area contributed by atoms with Crippen LogP contribution in [0.3, 0.4) is 0 Å². The van der Waals surface area contributed by atoms with Crippen LogP contribution in [0.4, 0.5) is 11.4 Å². The molecule has 2 aromatic rings. The summed E-state index contributed by atoms with van der Waals surface area (Å²) in [7, 11) is 1.61. The lowest BCUT2D eigenvalue weighted by molar-refractivity contribution is -0.116. The van der Waals surface area contributed by atoms with Gasteiger partial charge in [0.2, 0.25) is 11.8 Å². The molecule has 0 radical (unpaired) electrons. The number of nitrogens with one attached hydrogen (secondary N) is 2. The monoisotopic (exact) mass is 338 g/mol. The first-order valence-corrected chi connectivity index (χ1v) is 8.05. The molecule has 0 bridgehead atoms. The highest BCUT2D eigenvalue weighted by atomic mass is 16.5. The van der Waals surface area contributed by atoms with Crippen molar-refractivity contribution in [1.29, 1.82) is 0 Å². The molecule has 2 rings (SSSR count). The van der Waals surface area contributed by atoms with Gasteiger partial charge in [0.15, 0.2) is 0 Å². The lowest BCUT2D eigenvalue weighted by Crippen LogP contribution is -2.12. The second-order valence-corrected chi connectivity index (χ2v) is 5.53. The molecule has 0 saturated carbocycles. The van der Waals surface area contributed by atoms with Crippen molar-refractivity contribution in [2.45, 2.75) is 20.3 Å². The van der Waals surface area contributed by atoms with E-state index in [1.807, 2.05) is 37.3 Å². The van der Waals surface area contributed by atoms with Gasteiger partial charge in [0.25, 0.3) is 0 Å². The number of hydrogen-bond donors (Lipinski definition) is 2. The number of benzene rings is 2. The van der Waals surface area contributed by atoms with Gasteiger partial charge in [0.1, 0.15) is 5.75 Å². The molecule has 2 N–H and O–H groups in total. The Morgan fingerprint density at radius 3 is 2.44 bits per heavy atom. The van der Waals surface area contributed by atoms with Crippen LogP contribution >= 0.6 is 0 Å². The van der Waals surface area contributed by atoms with E-state index in [1.165, 1.54) is 6.08 Å². The maximum atomic E-state index is 12.1. The fourth-order valence-corrected chi connectivity index (χ4v) is 2.14. The quantitative estimate of drug-likeness (QED) is 0.782. The summed E-state index contributed by atoms with van der Waals surface area (Å²) >= 11 is 0. The van der Waals surface area contributed by atoms with E-state index in [9.17, 15) is 9.59 Å². The molecule has 2 amide bonds. The summed E-state index contributed by atoms with van der Waals surface area (Å²) in [6.45, 7) is 3.70. The van der Waals surface area contributed by atoms with E-state index < -0.39 is 0 Å². The van der Waals surface area contributed by atoms with Crippen molar-refractivity contribution >= 4 is 29.3 Å². The topological polar surface area (TPSA) is 67.4 Å². The molecule has 0 aliphatic carbocycles. The molecule has 5 heteroatoms. The summed E-state index contributed by atoms with van der Waals surface area (Å²) in [6, 6.07) is 12.8. The Balaban J connectivity index is 2.03. The molecule has 0 fully saturated rings. The highest BCUT2D eigenvalue weighted by molar-refractivity contribution is 6.02. The SMILES string of the molecule is CCC(=O)Nc1cc(NC(=O)/C=C/c2ccc(OC)cc2)ccc1C. The van der Waals surface area contributed by atoms with Gasteiger partial charge in [-0.25, -0.2) is 0 Å². The number of aryl methyl sites for hydroxylation is 1. The van der Waals surface area contributed by atoms with E-state index in [2.05, 4.69) is 10.6 Å². The van der Waals surface area contributed by atoms with Crippen LogP contribution in [0.1, 0.15) is 24.5 Å². The maximum absolute atomic E-state index is 12.1. The van der Waals surface area contributed by atoms with E-state index in [1.54, 1.807) is 32.2 Å². The van der Waals surface area contributed by atoms with Gasteiger partial charge in [-0.05, 0) is 48.4 Å². The van der Waals surface area contributed by atoms with Crippen molar-refractivity contribution in [1.82, 2.24) is 0 Å². The van der Waals surface area contributed by atoms with Crippen LogP contribution in [0, 0.1) is 6.92 Å². The summed E-state index contributed by atoms with van der Waals surface area (Å²) in [5.41, 5.74) is 3.16. The van der Waals surface area contributed by atoms with Crippen LogP contribution in [0.15, 0.2) is 48.5 Å². The van der Waals surface area contributed by atoms with Gasteiger partial charge in [-0.2, -0.15) is 0 Å². The Morgan fingerprint density at radius 1 is 1.08 bits per heavy atom. The predicted molar refractivity (Wildman–Crippen MR) is 101 cm³/mol. The van der Waals surface area contributed by atoms with Gasteiger partial charge < -0.3 is 15.4 Å². The molecule has 0 atom stereocenters. The molecule has 5 nitrogen and oxygen atoms in total. The Morgan fingerprint density at radius 2 is 1.80 bits per heavy atom. The molecule has 0 spiro atoms. The predicted octanol–water partition coefficient (Wildman–Crippen LogP) is 4.00. The molecule has 2 aromatic carbocycles. The zero-order chi connectivity index (χ0) is 18.2. The summed E-state index contributed by atoms with van der Waals surface area (Å²) in [6.07, 6.45) is 3.59. The molecular formula is C20H22N2O3. The lowest BCUT2D eigenvalue weighted by atomic mass is 10.1. The molecule has 25 heavy (non-hydrogen) atoms. The number of ether oxygens (including phenoxy) is 1. The molecule has 0 aromatic heterocycles. The molecule has 130 valence electrons. The minimum atomic E-state index is -0.243. The minimum absolute atomic E-state index is 0.0639. The largest absolute Gasteiger partial charge is 0.497 e. The summed E-state index contributed by atoms with van der Waals surface area (Å²) in [4.78, 5) is 23.6. The maximum Gasteiger partial charge on any atom is 0.248 e. The Bertz CT molecular complexity index is 780. The molecular weight excluding hydrogens is 316 g/mol. The van der Waals surface area contributed by atoms with E-state index in [4.69, 9.17) is 4.74 Å². The number of methoxy groups -OCH3 is 1. The van der Waals surface area contributed by atoms with E-state index in [0.717, 1.165) is 16.9 Å². The normalized spacial score (nSPS) is 10.5. The third-order valence-corrected chi connectivity index (χ3v) is 3.64. The smallest absolute Gasteiger partial charge is 0.248 e. The first kappa shape index (κ1) is 18.3. The van der Waals surface area contributed by atoms with Crippen LogP contribution in [0.2, 0.25) is 0 Å². The number of hydrogen-bond acceptors (Lipinski definition) is 3. The van der Waals surface area contributed by atoms with Crippen LogP contribution in [-0.4, -0.2) is 18.9 Å². The average Bonchev–Trinajstić information content (AvgIpc) is 2.63. The summed E-state index contributed by atoms with van der Waals surface area (Å²) in [5, 5.41) is 5.61. The number of rotatable bonds is 6. The Kier molecular flexibility index (Phi) is 6.34. The van der Waals surface area contributed by atoms with Crippen molar-refractivity contribution < 1.29 is 14.3 Å².